The third-order valence-electron chi connectivity index (χ3n) is 5.26. The molecule has 0 bridgehead atoms. The van der Waals surface area contributed by atoms with Crippen LogP contribution in [-0.2, 0) is 5.54 Å². The molecule has 0 N–H and O–H groups in total. The normalized spacial score (nSPS) is 13.8. The van der Waals surface area contributed by atoms with Crippen molar-refractivity contribution in [2.24, 2.45) is 0 Å². The number of rotatable bonds is 5. The number of benzene rings is 1. The van der Waals surface area contributed by atoms with Gasteiger partial charge in [0.25, 0.3) is 0 Å². The second-order valence-electron chi connectivity index (χ2n) is 8.83. The first-order valence-corrected chi connectivity index (χ1v) is 10.5. The molecule has 2 aromatic heterocycles. The highest BCUT2D eigenvalue weighted by Gasteiger charge is 2.31. The number of nitriles is 1. The lowest BCUT2D eigenvalue weighted by Gasteiger charge is -2.20. The number of ether oxygens (including phenoxy) is 2. The predicted octanol–water partition coefficient (Wildman–Crippen LogP) is 4.86. The summed E-state index contributed by atoms with van der Waals surface area (Å²) in [6.07, 6.45) is 2.14. The molecule has 0 unspecified atom stereocenters. The number of aryl methyl sites for hydroxylation is 1. The summed E-state index contributed by atoms with van der Waals surface area (Å²) in [5, 5.41) is 14.5. The number of aromatic nitrogens is 3. The van der Waals surface area contributed by atoms with Gasteiger partial charge in [-0.05, 0) is 65.7 Å². The lowest BCUT2D eigenvalue weighted by molar-refractivity contribution is 0.0730. The van der Waals surface area contributed by atoms with E-state index in [1.165, 1.54) is 0 Å². The molecule has 0 atom stereocenters. The van der Waals surface area contributed by atoms with Gasteiger partial charge in [0.1, 0.15) is 0 Å². The van der Waals surface area contributed by atoms with E-state index >= 15 is 0 Å². The SMILES string of the molecule is CCOc1cc(C#N)ccc1OC(=O)c1cc(C2CC2)nc2c1c(C)nn2C(C)(C)C. The number of fused-ring (bicyclic) bond motifs is 1. The minimum absolute atomic E-state index is 0.280. The third-order valence-corrected chi connectivity index (χ3v) is 5.26. The number of esters is 1. The Bertz CT molecular complexity index is 1210. The molecule has 160 valence electrons. The first kappa shape index (κ1) is 20.9. The minimum Gasteiger partial charge on any atom is -0.490 e. The van der Waals surface area contributed by atoms with Gasteiger partial charge < -0.3 is 9.47 Å². The van der Waals surface area contributed by atoms with E-state index in [4.69, 9.17) is 19.7 Å². The van der Waals surface area contributed by atoms with Crippen LogP contribution in [0, 0.1) is 18.3 Å². The summed E-state index contributed by atoms with van der Waals surface area (Å²) >= 11 is 0. The summed E-state index contributed by atoms with van der Waals surface area (Å²) in [7, 11) is 0. The van der Waals surface area contributed by atoms with E-state index in [9.17, 15) is 4.79 Å². The van der Waals surface area contributed by atoms with Crippen LogP contribution in [0.2, 0.25) is 0 Å². The van der Waals surface area contributed by atoms with Crippen molar-refractivity contribution in [3.8, 4) is 17.6 Å². The lowest BCUT2D eigenvalue weighted by atomic mass is 10.1. The zero-order valence-electron chi connectivity index (χ0n) is 18.5. The Labute approximate surface area is 181 Å². The topological polar surface area (TPSA) is 90.0 Å². The first-order chi connectivity index (χ1) is 14.7. The van der Waals surface area contributed by atoms with E-state index in [1.807, 2.05) is 24.6 Å². The van der Waals surface area contributed by atoms with Gasteiger partial charge in [0.05, 0.1) is 40.4 Å². The maximum Gasteiger partial charge on any atom is 0.344 e. The molecule has 3 aromatic rings. The van der Waals surface area contributed by atoms with Crippen LogP contribution in [-0.4, -0.2) is 27.3 Å². The molecule has 7 heteroatoms. The maximum atomic E-state index is 13.3. The molecule has 0 radical (unpaired) electrons. The van der Waals surface area contributed by atoms with Crippen molar-refractivity contribution < 1.29 is 14.3 Å². The van der Waals surface area contributed by atoms with E-state index in [0.29, 0.717) is 40.4 Å². The van der Waals surface area contributed by atoms with Crippen LogP contribution in [0.4, 0.5) is 0 Å². The molecule has 0 amide bonds. The largest absolute Gasteiger partial charge is 0.490 e. The number of pyridine rings is 1. The fraction of sp³-hybridized carbons (Fsp3) is 0.417. The fourth-order valence-electron chi connectivity index (χ4n) is 3.61. The molecule has 1 fully saturated rings. The molecule has 0 aliphatic heterocycles. The van der Waals surface area contributed by atoms with Gasteiger partial charge in [-0.1, -0.05) is 0 Å². The van der Waals surface area contributed by atoms with E-state index < -0.39 is 5.97 Å². The minimum atomic E-state index is -0.489. The fourth-order valence-corrected chi connectivity index (χ4v) is 3.61. The van der Waals surface area contributed by atoms with Gasteiger partial charge in [0, 0.05) is 17.7 Å². The highest BCUT2D eigenvalue weighted by molar-refractivity contribution is 6.05. The van der Waals surface area contributed by atoms with Crippen LogP contribution >= 0.6 is 0 Å². The molecule has 31 heavy (non-hydrogen) atoms. The Morgan fingerprint density at radius 2 is 2.00 bits per heavy atom. The average molecular weight is 418 g/mol. The summed E-state index contributed by atoms with van der Waals surface area (Å²) < 4.78 is 13.2. The number of nitrogens with zero attached hydrogens (tertiary/aromatic N) is 4. The molecule has 4 rings (SSSR count). The smallest absolute Gasteiger partial charge is 0.344 e. The van der Waals surface area contributed by atoms with Crippen molar-refractivity contribution in [1.82, 2.24) is 14.8 Å². The second-order valence-corrected chi connectivity index (χ2v) is 8.83. The summed E-state index contributed by atoms with van der Waals surface area (Å²) in [5.41, 5.74) is 2.94. The van der Waals surface area contributed by atoms with Gasteiger partial charge in [-0.3, -0.25) is 0 Å². The molecule has 0 saturated heterocycles. The molecule has 2 heterocycles. The van der Waals surface area contributed by atoms with Gasteiger partial charge in [-0.25, -0.2) is 14.5 Å². The van der Waals surface area contributed by atoms with Gasteiger partial charge in [-0.15, -0.1) is 0 Å². The number of hydrogen-bond acceptors (Lipinski definition) is 6. The van der Waals surface area contributed by atoms with Crippen molar-refractivity contribution in [3.05, 3.63) is 46.8 Å². The Morgan fingerprint density at radius 3 is 2.61 bits per heavy atom. The molecule has 1 saturated carbocycles. The molecule has 0 spiro atoms. The van der Waals surface area contributed by atoms with Gasteiger partial charge in [-0.2, -0.15) is 10.4 Å². The number of hydrogen-bond donors (Lipinski definition) is 0. The molecule has 1 aliphatic carbocycles. The van der Waals surface area contributed by atoms with Crippen molar-refractivity contribution in [3.63, 3.8) is 0 Å². The molecule has 7 nitrogen and oxygen atoms in total. The zero-order chi connectivity index (χ0) is 22.3. The van der Waals surface area contributed by atoms with E-state index in [-0.39, 0.29) is 11.3 Å². The summed E-state index contributed by atoms with van der Waals surface area (Å²) in [4.78, 5) is 18.2. The van der Waals surface area contributed by atoms with E-state index in [0.717, 1.165) is 24.2 Å². The van der Waals surface area contributed by atoms with Crippen LogP contribution < -0.4 is 9.47 Å². The quantitative estimate of drug-likeness (QED) is 0.434. The number of carbonyl (C=O) groups is 1. The van der Waals surface area contributed by atoms with Crippen LogP contribution in [0.3, 0.4) is 0 Å². The number of carbonyl (C=O) groups excluding carboxylic acids is 1. The summed E-state index contributed by atoms with van der Waals surface area (Å²) in [5.74, 6) is 0.527. The third kappa shape index (κ3) is 3.98. The Morgan fingerprint density at radius 1 is 1.26 bits per heavy atom. The Balaban J connectivity index is 1.82. The van der Waals surface area contributed by atoms with Crippen molar-refractivity contribution in [2.45, 2.75) is 58.9 Å². The highest BCUT2D eigenvalue weighted by atomic mass is 16.6. The average Bonchev–Trinajstić information content (AvgIpc) is 3.51. The Kier molecular flexibility index (Phi) is 5.18. The molecular formula is C24H26N4O3. The van der Waals surface area contributed by atoms with E-state index in [2.05, 4.69) is 31.9 Å². The monoisotopic (exact) mass is 418 g/mol. The Hall–Kier alpha value is -3.40. The first-order valence-electron chi connectivity index (χ1n) is 10.5. The van der Waals surface area contributed by atoms with Crippen LogP contribution in [0.15, 0.2) is 24.3 Å². The van der Waals surface area contributed by atoms with Crippen molar-refractivity contribution in [2.75, 3.05) is 6.61 Å². The molecule has 1 aromatic carbocycles. The van der Waals surface area contributed by atoms with Gasteiger partial charge >= 0.3 is 5.97 Å². The van der Waals surface area contributed by atoms with Crippen molar-refractivity contribution in [1.29, 1.82) is 5.26 Å². The van der Waals surface area contributed by atoms with Crippen LogP contribution in [0.1, 0.15) is 73.8 Å². The van der Waals surface area contributed by atoms with E-state index in [1.54, 1.807) is 18.2 Å². The van der Waals surface area contributed by atoms with Crippen LogP contribution in [0.5, 0.6) is 11.5 Å². The zero-order valence-corrected chi connectivity index (χ0v) is 18.5. The van der Waals surface area contributed by atoms with Crippen LogP contribution in [0.25, 0.3) is 11.0 Å². The molecular weight excluding hydrogens is 392 g/mol. The standard InChI is InChI=1S/C24H26N4O3/c1-6-30-20-11-15(13-25)7-10-19(20)31-23(29)17-12-18(16-8-9-16)26-22-21(17)14(2)27-28(22)24(3,4)5/h7,10-12,16H,6,8-9H2,1-5H3. The summed E-state index contributed by atoms with van der Waals surface area (Å²) in [6, 6.07) is 8.68. The van der Waals surface area contributed by atoms with Gasteiger partial charge in [0.15, 0.2) is 17.1 Å². The highest BCUT2D eigenvalue weighted by Crippen LogP contribution is 2.41. The summed E-state index contributed by atoms with van der Waals surface area (Å²) in [6.45, 7) is 10.3. The molecule has 1 aliphatic rings. The maximum absolute atomic E-state index is 13.3. The predicted molar refractivity (Wildman–Crippen MR) is 117 cm³/mol. The van der Waals surface area contributed by atoms with Gasteiger partial charge in [0.2, 0.25) is 0 Å². The van der Waals surface area contributed by atoms with Crippen molar-refractivity contribution >= 4 is 17.0 Å². The lowest BCUT2D eigenvalue weighted by Crippen LogP contribution is -2.23. The second kappa shape index (κ2) is 7.69.